The van der Waals surface area contributed by atoms with Gasteiger partial charge in [0.05, 0.1) is 46.2 Å². The zero-order valence-corrected chi connectivity index (χ0v) is 36.4. The molecule has 12 heteroatoms. The van der Waals surface area contributed by atoms with Gasteiger partial charge < -0.3 is 39.4 Å². The Labute approximate surface area is 350 Å². The molecule has 5 atom stereocenters. The Bertz CT molecular complexity index is 2010. The number of fused-ring (bicyclic) bond motifs is 2. The summed E-state index contributed by atoms with van der Waals surface area (Å²) in [4.78, 5) is 32.4. The number of aliphatic hydroxyl groups is 2. The van der Waals surface area contributed by atoms with Crippen molar-refractivity contribution in [3.8, 4) is 17.2 Å². The molecular weight excluding hydrogens is 763 g/mol. The molecule has 0 bridgehead atoms. The molecule has 2 heterocycles. The summed E-state index contributed by atoms with van der Waals surface area (Å²) < 4.78 is 24.8. The first kappa shape index (κ1) is 43.8. The summed E-state index contributed by atoms with van der Waals surface area (Å²) in [5.74, 6) is 1.91. The number of unbranched alkanes of at least 4 members (excludes halogenated alkanes) is 1. The number of aliphatic hydroxyl groups excluding tert-OH is 2. The quantitative estimate of drug-likeness (QED) is 0.0715. The second-order valence-electron chi connectivity index (χ2n) is 16.1. The fraction of sp³-hybridized carbons (Fsp3) is 0.447. The SMILES string of the molecule is CCOc1ccc2c(c1)CC(NCCCCO)C(=O)N2c1ccc2c(c1)[C@H](OC)[C@@H](C)[C@H](C(CC(=O)N(CCO)Cc1ccccc1)[Si](C)(C)c1ccc(OC)cc1)O2. The van der Waals surface area contributed by atoms with E-state index in [0.717, 1.165) is 40.3 Å². The molecule has 11 nitrogen and oxygen atoms in total. The minimum absolute atomic E-state index is 0.0396. The number of anilines is 2. The number of carbonyl (C=O) groups is 2. The van der Waals surface area contributed by atoms with E-state index in [1.54, 1.807) is 24.0 Å². The van der Waals surface area contributed by atoms with Crippen molar-refractivity contribution in [1.29, 1.82) is 0 Å². The van der Waals surface area contributed by atoms with E-state index in [-0.39, 0.29) is 55.6 Å². The van der Waals surface area contributed by atoms with Crippen LogP contribution in [0.5, 0.6) is 17.2 Å². The van der Waals surface area contributed by atoms with Crippen LogP contribution in [-0.4, -0.2) is 94.3 Å². The first-order chi connectivity index (χ1) is 28.5. The highest BCUT2D eigenvalue weighted by atomic mass is 28.3. The van der Waals surface area contributed by atoms with Crippen LogP contribution in [0, 0.1) is 5.92 Å². The number of benzene rings is 4. The van der Waals surface area contributed by atoms with Crippen molar-refractivity contribution in [3.05, 3.63) is 108 Å². The van der Waals surface area contributed by atoms with Gasteiger partial charge >= 0.3 is 0 Å². The molecule has 316 valence electrons. The van der Waals surface area contributed by atoms with E-state index in [2.05, 4.69) is 37.5 Å². The summed E-state index contributed by atoms with van der Waals surface area (Å²) in [5, 5.41) is 24.0. The fourth-order valence-corrected chi connectivity index (χ4v) is 12.1. The maximum absolute atomic E-state index is 14.5. The lowest BCUT2D eigenvalue weighted by Crippen LogP contribution is -2.55. The maximum atomic E-state index is 14.5. The Morgan fingerprint density at radius 3 is 2.39 bits per heavy atom. The van der Waals surface area contributed by atoms with Crippen LogP contribution in [0.4, 0.5) is 11.4 Å². The van der Waals surface area contributed by atoms with Gasteiger partial charge in [-0.25, -0.2) is 0 Å². The second kappa shape index (κ2) is 20.0. The fourth-order valence-electron chi connectivity index (χ4n) is 8.78. The Balaban J connectivity index is 1.37. The average Bonchev–Trinajstić information content (AvgIpc) is 3.24. The van der Waals surface area contributed by atoms with Crippen LogP contribution < -0.4 is 29.6 Å². The first-order valence-electron chi connectivity index (χ1n) is 20.9. The predicted molar refractivity (Wildman–Crippen MR) is 234 cm³/mol. The molecule has 2 amide bonds. The van der Waals surface area contributed by atoms with Crippen LogP contribution in [0.3, 0.4) is 0 Å². The number of rotatable bonds is 19. The summed E-state index contributed by atoms with van der Waals surface area (Å²) in [7, 11) is 0.848. The number of ether oxygens (including phenoxy) is 4. The molecule has 0 spiro atoms. The molecule has 0 fully saturated rings. The number of nitrogens with one attached hydrogen (secondary N) is 1. The predicted octanol–water partition coefficient (Wildman–Crippen LogP) is 6.53. The first-order valence-corrected chi connectivity index (χ1v) is 24.0. The summed E-state index contributed by atoms with van der Waals surface area (Å²) >= 11 is 0. The molecule has 3 N–H and O–H groups in total. The Morgan fingerprint density at radius 2 is 1.71 bits per heavy atom. The standard InChI is InChI=1S/C47H61N3O8Si/c1-7-57-37-18-21-41-34(27-37)28-40(48-23-11-12-25-51)47(54)50(41)35-15-22-42-39(29-35)45(56-4)32(2)46(58-42)43(59(5,6)38-19-16-36(55-3)17-20-38)30-44(53)49(24-26-52)31-33-13-9-8-10-14-33/h8-10,13-22,27,29,32,40,43,45-46,48,51-52H,7,11-12,23-26,28,30-31H2,1-6H3/t32-,40?,43?,45-,46-/m1/s1. The molecule has 6 rings (SSSR count). The van der Waals surface area contributed by atoms with Gasteiger partial charge in [-0.3, -0.25) is 14.5 Å². The van der Waals surface area contributed by atoms with Gasteiger partial charge in [0.15, 0.2) is 0 Å². The summed E-state index contributed by atoms with van der Waals surface area (Å²) in [6, 6.07) is 29.3. The van der Waals surface area contributed by atoms with Gasteiger partial charge in [-0.15, -0.1) is 0 Å². The van der Waals surface area contributed by atoms with Crippen LogP contribution in [-0.2, 0) is 27.3 Å². The lowest BCUT2D eigenvalue weighted by molar-refractivity contribution is -0.133. The van der Waals surface area contributed by atoms with Crippen LogP contribution >= 0.6 is 0 Å². The zero-order chi connectivity index (χ0) is 42.1. The molecule has 4 aromatic rings. The van der Waals surface area contributed by atoms with Gasteiger partial charge in [0.25, 0.3) is 0 Å². The van der Waals surface area contributed by atoms with Gasteiger partial charge in [-0.05, 0) is 92.4 Å². The number of hydrogen-bond acceptors (Lipinski definition) is 9. The van der Waals surface area contributed by atoms with Crippen molar-refractivity contribution in [1.82, 2.24) is 10.2 Å². The third kappa shape index (κ3) is 9.85. The Hall–Kier alpha value is -4.72. The molecule has 2 aliphatic rings. The number of carbonyl (C=O) groups excluding carboxylic acids is 2. The topological polar surface area (TPSA) is 130 Å². The van der Waals surface area contributed by atoms with Crippen LogP contribution in [0.2, 0.25) is 18.6 Å². The number of methoxy groups -OCH3 is 2. The number of nitrogens with zero attached hydrogens (tertiary/aromatic N) is 2. The summed E-state index contributed by atoms with van der Waals surface area (Å²) in [6.07, 6.45) is 1.38. The highest BCUT2D eigenvalue weighted by Crippen LogP contribution is 2.49. The van der Waals surface area contributed by atoms with E-state index >= 15 is 0 Å². The Morgan fingerprint density at radius 1 is 0.966 bits per heavy atom. The maximum Gasteiger partial charge on any atom is 0.249 e. The van der Waals surface area contributed by atoms with E-state index in [1.807, 2.05) is 85.8 Å². The summed E-state index contributed by atoms with van der Waals surface area (Å²) in [5.41, 5.74) is 4.16. The molecule has 4 aromatic carbocycles. The number of hydrogen-bond donors (Lipinski definition) is 3. The average molecular weight is 824 g/mol. The van der Waals surface area contributed by atoms with Crippen LogP contribution in [0.25, 0.3) is 0 Å². The monoisotopic (exact) mass is 823 g/mol. The Kier molecular flexibility index (Phi) is 14.9. The highest BCUT2D eigenvalue weighted by molar-refractivity contribution is 6.91. The van der Waals surface area contributed by atoms with E-state index in [4.69, 9.17) is 18.9 Å². The molecule has 0 radical (unpaired) electrons. The molecule has 59 heavy (non-hydrogen) atoms. The van der Waals surface area contributed by atoms with Crippen molar-refractivity contribution in [2.75, 3.05) is 52.0 Å². The molecule has 0 aromatic heterocycles. The van der Waals surface area contributed by atoms with E-state index in [0.29, 0.717) is 44.0 Å². The molecule has 0 aliphatic carbocycles. The van der Waals surface area contributed by atoms with E-state index < -0.39 is 20.2 Å². The van der Waals surface area contributed by atoms with Gasteiger partial charge in [0.1, 0.15) is 23.4 Å². The summed E-state index contributed by atoms with van der Waals surface area (Å²) in [6.45, 7) is 10.4. The molecule has 0 saturated carbocycles. The van der Waals surface area contributed by atoms with Gasteiger partial charge in [-0.2, -0.15) is 0 Å². The molecule has 0 saturated heterocycles. The van der Waals surface area contributed by atoms with Crippen LogP contribution in [0.15, 0.2) is 91.0 Å². The van der Waals surface area contributed by atoms with E-state index in [1.165, 1.54) is 5.19 Å². The van der Waals surface area contributed by atoms with Gasteiger partial charge in [-0.1, -0.05) is 67.7 Å². The van der Waals surface area contributed by atoms with Crippen molar-refractivity contribution >= 4 is 36.4 Å². The van der Waals surface area contributed by atoms with Crippen molar-refractivity contribution in [3.63, 3.8) is 0 Å². The lowest BCUT2D eigenvalue weighted by Gasteiger charge is -2.46. The van der Waals surface area contributed by atoms with Gasteiger partial charge in [0.2, 0.25) is 11.8 Å². The molecule has 2 aliphatic heterocycles. The zero-order valence-electron chi connectivity index (χ0n) is 35.4. The lowest BCUT2D eigenvalue weighted by atomic mass is 9.86. The van der Waals surface area contributed by atoms with Crippen molar-refractivity contribution < 1.29 is 38.7 Å². The largest absolute Gasteiger partial charge is 0.497 e. The normalized spacial score (nSPS) is 19.3. The van der Waals surface area contributed by atoms with E-state index in [9.17, 15) is 19.8 Å². The minimum atomic E-state index is -2.51. The molecular formula is C47H61N3O8Si. The molecule has 2 unspecified atom stereocenters. The van der Waals surface area contributed by atoms with Crippen LogP contribution in [0.1, 0.15) is 55.9 Å². The third-order valence-electron chi connectivity index (χ3n) is 12.1. The van der Waals surface area contributed by atoms with Crippen molar-refractivity contribution in [2.24, 2.45) is 5.92 Å². The second-order valence-corrected chi connectivity index (χ2v) is 20.9. The number of amides is 2. The van der Waals surface area contributed by atoms with Crippen molar-refractivity contribution in [2.45, 2.75) is 83.0 Å². The third-order valence-corrected chi connectivity index (χ3v) is 16.3. The van der Waals surface area contributed by atoms with Gasteiger partial charge in [0, 0.05) is 55.9 Å². The smallest absolute Gasteiger partial charge is 0.249 e. The highest BCUT2D eigenvalue weighted by Gasteiger charge is 2.48. The minimum Gasteiger partial charge on any atom is -0.497 e.